The van der Waals surface area contributed by atoms with E-state index in [9.17, 15) is 18.0 Å². The van der Waals surface area contributed by atoms with Crippen LogP contribution in [0, 0.1) is 0 Å². The smallest absolute Gasteiger partial charge is 0.329 e. The van der Waals surface area contributed by atoms with Crippen molar-refractivity contribution in [1.82, 2.24) is 13.4 Å². The number of nitrogens with zero attached hydrogens (tertiary/aromatic N) is 3. The highest BCUT2D eigenvalue weighted by Crippen LogP contribution is 2.13. The number of hydrogen-bond donors (Lipinski definition) is 1. The third-order valence-electron chi connectivity index (χ3n) is 2.93. The molecule has 0 atom stereocenters. The maximum absolute atomic E-state index is 12.5. The normalized spacial score (nSPS) is 12.3. The van der Waals surface area contributed by atoms with E-state index in [2.05, 4.69) is 0 Å². The van der Waals surface area contributed by atoms with Gasteiger partial charge in [-0.3, -0.25) is 9.36 Å². The van der Waals surface area contributed by atoms with Crippen LogP contribution in [-0.2, 0) is 24.1 Å². The van der Waals surface area contributed by atoms with Crippen LogP contribution >= 0.6 is 0 Å². The summed E-state index contributed by atoms with van der Waals surface area (Å²) < 4.78 is 28.1. The molecule has 0 bridgehead atoms. The van der Waals surface area contributed by atoms with Crippen molar-refractivity contribution in [2.45, 2.75) is 24.8 Å². The Labute approximate surface area is 117 Å². The molecule has 0 aliphatic rings. The van der Waals surface area contributed by atoms with Crippen LogP contribution in [-0.4, -0.2) is 41.0 Å². The first-order valence-electron chi connectivity index (χ1n) is 6.13. The Kier molecular flexibility index (Phi) is 4.90. The van der Waals surface area contributed by atoms with Gasteiger partial charge in [-0.2, -0.15) is 4.31 Å². The summed E-state index contributed by atoms with van der Waals surface area (Å²) >= 11 is 0. The van der Waals surface area contributed by atoms with E-state index in [0.29, 0.717) is 0 Å². The van der Waals surface area contributed by atoms with Crippen molar-refractivity contribution in [2.75, 3.05) is 13.1 Å². The van der Waals surface area contributed by atoms with Crippen molar-refractivity contribution in [2.24, 2.45) is 19.8 Å². The lowest BCUT2D eigenvalue weighted by atomic mass is 10.4. The maximum atomic E-state index is 12.5. The van der Waals surface area contributed by atoms with E-state index in [0.717, 1.165) is 19.6 Å². The summed E-state index contributed by atoms with van der Waals surface area (Å²) in [6, 6.07) is -0.342. The molecule has 0 aliphatic carbocycles. The molecule has 0 unspecified atom stereocenters. The van der Waals surface area contributed by atoms with Crippen LogP contribution in [0.2, 0.25) is 0 Å². The summed E-state index contributed by atoms with van der Waals surface area (Å²) in [7, 11) is -1.36. The third kappa shape index (κ3) is 2.84. The average molecular weight is 304 g/mol. The first-order chi connectivity index (χ1) is 9.14. The maximum Gasteiger partial charge on any atom is 0.330 e. The molecule has 9 heteroatoms. The first-order valence-corrected chi connectivity index (χ1v) is 7.57. The Balaban J connectivity index is 3.58. The van der Waals surface area contributed by atoms with E-state index >= 15 is 0 Å². The molecule has 1 rings (SSSR count). The van der Waals surface area contributed by atoms with Crippen molar-refractivity contribution in [3.8, 4) is 0 Å². The number of aryl methyl sites for hydroxylation is 1. The molecule has 2 N–H and O–H groups in total. The third-order valence-corrected chi connectivity index (χ3v) is 4.98. The first kappa shape index (κ1) is 16.6. The predicted molar refractivity (Wildman–Crippen MR) is 75.0 cm³/mol. The van der Waals surface area contributed by atoms with Crippen LogP contribution in [0.4, 0.5) is 0 Å². The molecule has 0 aromatic carbocycles. The highest BCUT2D eigenvalue weighted by molar-refractivity contribution is 7.89. The zero-order valence-electron chi connectivity index (χ0n) is 12.0. The molecule has 20 heavy (non-hydrogen) atoms. The fraction of sp³-hybridized carbons (Fsp3) is 0.636. The van der Waals surface area contributed by atoms with Crippen LogP contribution in [0.1, 0.15) is 13.8 Å². The lowest BCUT2D eigenvalue weighted by Crippen LogP contribution is -2.45. The number of aromatic nitrogens is 2. The van der Waals surface area contributed by atoms with Gasteiger partial charge in [-0.1, -0.05) is 0 Å². The van der Waals surface area contributed by atoms with Crippen molar-refractivity contribution in [3.05, 3.63) is 27.0 Å². The summed E-state index contributed by atoms with van der Waals surface area (Å²) in [5, 5.41) is 0. The lowest BCUT2D eigenvalue weighted by Gasteiger charge is -2.25. The number of sulfonamides is 1. The minimum atomic E-state index is -3.99. The van der Waals surface area contributed by atoms with E-state index in [1.165, 1.54) is 14.1 Å². The van der Waals surface area contributed by atoms with Gasteiger partial charge in [0.05, 0.1) is 0 Å². The Morgan fingerprint density at radius 3 is 2.30 bits per heavy atom. The Morgan fingerprint density at radius 2 is 1.85 bits per heavy atom. The molecule has 8 nitrogen and oxygen atoms in total. The van der Waals surface area contributed by atoms with Gasteiger partial charge >= 0.3 is 5.69 Å². The summed E-state index contributed by atoms with van der Waals surface area (Å²) in [5.41, 5.74) is 4.00. The number of hydrogen-bond acceptors (Lipinski definition) is 5. The van der Waals surface area contributed by atoms with Crippen LogP contribution in [0.3, 0.4) is 0 Å². The topological polar surface area (TPSA) is 107 Å². The Hall–Kier alpha value is -1.45. The lowest BCUT2D eigenvalue weighted by molar-refractivity contribution is 0.360. The van der Waals surface area contributed by atoms with E-state index in [-0.39, 0.29) is 19.1 Å². The second kappa shape index (κ2) is 5.90. The van der Waals surface area contributed by atoms with E-state index in [4.69, 9.17) is 5.73 Å². The van der Waals surface area contributed by atoms with Gasteiger partial charge in [0.1, 0.15) is 0 Å². The summed E-state index contributed by atoms with van der Waals surface area (Å²) in [5.74, 6) is 0. The largest absolute Gasteiger partial charge is 0.330 e. The molecule has 0 saturated heterocycles. The molecule has 1 aromatic heterocycles. The average Bonchev–Trinajstić information content (AvgIpc) is 2.36. The highest BCUT2D eigenvalue weighted by Gasteiger charge is 2.30. The molecular weight excluding hydrogens is 284 g/mol. The van der Waals surface area contributed by atoms with Gasteiger partial charge in [0.15, 0.2) is 4.90 Å². The van der Waals surface area contributed by atoms with Gasteiger partial charge in [-0.05, 0) is 13.8 Å². The molecule has 0 spiro atoms. The van der Waals surface area contributed by atoms with E-state index in [1.807, 2.05) is 0 Å². The second-order valence-electron chi connectivity index (χ2n) is 4.75. The minimum absolute atomic E-state index is 0.103. The van der Waals surface area contributed by atoms with E-state index < -0.39 is 26.2 Å². The van der Waals surface area contributed by atoms with Crippen LogP contribution < -0.4 is 17.0 Å². The van der Waals surface area contributed by atoms with Gasteiger partial charge in [0, 0.05) is 39.4 Å². The molecule has 114 valence electrons. The van der Waals surface area contributed by atoms with Gasteiger partial charge < -0.3 is 10.3 Å². The standard InChI is InChI=1S/C11H20N4O4S/c1-8(2)15(6-5-12)20(18,19)9-7-13(3)11(17)14(4)10(9)16/h7-8H,5-6,12H2,1-4H3. The Bertz CT molecular complexity index is 702. The Morgan fingerprint density at radius 1 is 1.30 bits per heavy atom. The molecule has 0 amide bonds. The number of rotatable bonds is 5. The molecular formula is C11H20N4O4S. The monoisotopic (exact) mass is 304 g/mol. The molecule has 0 fully saturated rings. The summed E-state index contributed by atoms with van der Waals surface area (Å²) in [6.07, 6.45) is 1.05. The summed E-state index contributed by atoms with van der Waals surface area (Å²) in [4.78, 5) is 23.2. The fourth-order valence-corrected chi connectivity index (χ4v) is 3.66. The van der Waals surface area contributed by atoms with Gasteiger partial charge in [-0.15, -0.1) is 0 Å². The van der Waals surface area contributed by atoms with Crippen molar-refractivity contribution in [1.29, 1.82) is 0 Å². The van der Waals surface area contributed by atoms with Crippen molar-refractivity contribution in [3.63, 3.8) is 0 Å². The predicted octanol–water partition coefficient (Wildman–Crippen LogP) is -1.56. The SMILES string of the molecule is CC(C)N(CCN)S(=O)(=O)c1cn(C)c(=O)n(C)c1=O. The minimum Gasteiger partial charge on any atom is -0.329 e. The van der Waals surface area contributed by atoms with Gasteiger partial charge in [0.25, 0.3) is 5.56 Å². The van der Waals surface area contributed by atoms with Gasteiger partial charge in [0.2, 0.25) is 10.0 Å². The highest BCUT2D eigenvalue weighted by atomic mass is 32.2. The van der Waals surface area contributed by atoms with E-state index in [1.54, 1.807) is 13.8 Å². The second-order valence-corrected chi connectivity index (χ2v) is 6.61. The number of nitrogens with two attached hydrogens (primary N) is 1. The van der Waals surface area contributed by atoms with Crippen LogP contribution in [0.5, 0.6) is 0 Å². The molecule has 1 aromatic rings. The van der Waals surface area contributed by atoms with Crippen molar-refractivity contribution >= 4 is 10.0 Å². The van der Waals surface area contributed by atoms with Crippen LogP contribution in [0.25, 0.3) is 0 Å². The quantitative estimate of drug-likeness (QED) is 0.708. The molecule has 0 aliphatic heterocycles. The van der Waals surface area contributed by atoms with Crippen molar-refractivity contribution < 1.29 is 8.42 Å². The summed E-state index contributed by atoms with van der Waals surface area (Å²) in [6.45, 7) is 3.63. The van der Waals surface area contributed by atoms with Gasteiger partial charge in [-0.25, -0.2) is 13.2 Å². The van der Waals surface area contributed by atoms with Crippen LogP contribution in [0.15, 0.2) is 20.7 Å². The molecule has 0 radical (unpaired) electrons. The fourth-order valence-electron chi connectivity index (χ4n) is 1.86. The zero-order valence-corrected chi connectivity index (χ0v) is 12.8. The molecule has 1 heterocycles. The molecule has 0 saturated carbocycles. The zero-order chi connectivity index (χ0) is 15.7.